The molecule has 2 N–H and O–H groups in total. The van der Waals surface area contributed by atoms with Gasteiger partial charge in [-0.25, -0.2) is 17.9 Å². The molecule has 1 aromatic heterocycles. The van der Waals surface area contributed by atoms with E-state index in [0.29, 0.717) is 18.8 Å². The Kier molecular flexibility index (Phi) is 6.40. The zero-order valence-electron chi connectivity index (χ0n) is 17.0. The van der Waals surface area contributed by atoms with Gasteiger partial charge in [-0.1, -0.05) is 18.2 Å². The minimum Gasteiger partial charge on any atom is -0.478 e. The molecule has 10 heteroatoms. The Hall–Kier alpha value is -3.66. The molecule has 162 valence electrons. The van der Waals surface area contributed by atoms with Gasteiger partial charge in [0.05, 0.1) is 22.3 Å². The van der Waals surface area contributed by atoms with Gasteiger partial charge in [-0.15, -0.1) is 0 Å². The van der Waals surface area contributed by atoms with E-state index in [-0.39, 0.29) is 27.7 Å². The number of carbonyl (C=O) groups is 2. The lowest BCUT2D eigenvalue weighted by Crippen LogP contribution is -2.31. The fourth-order valence-electron chi connectivity index (χ4n) is 3.01. The van der Waals surface area contributed by atoms with Crippen LogP contribution in [0.15, 0.2) is 65.7 Å². The molecule has 3 aromatic rings. The van der Waals surface area contributed by atoms with Crippen molar-refractivity contribution in [2.45, 2.75) is 18.7 Å². The summed E-state index contributed by atoms with van der Waals surface area (Å²) < 4.78 is 29.9. The van der Waals surface area contributed by atoms with Crippen LogP contribution in [0.25, 0.3) is 5.69 Å². The fraction of sp³-hybridized carbons (Fsp3) is 0.190. The number of rotatable bonds is 8. The number of aromatic carboxylic acids is 1. The van der Waals surface area contributed by atoms with Gasteiger partial charge in [0.25, 0.3) is 15.9 Å². The molecule has 1 amide bonds. The van der Waals surface area contributed by atoms with Crippen molar-refractivity contribution in [3.8, 4) is 5.69 Å². The van der Waals surface area contributed by atoms with Gasteiger partial charge in [-0.2, -0.15) is 5.10 Å². The minimum absolute atomic E-state index is 0.00501. The summed E-state index contributed by atoms with van der Waals surface area (Å²) in [5.41, 5.74) is 0.643. The molecule has 0 bridgehead atoms. The molecule has 2 aromatic carbocycles. The summed E-state index contributed by atoms with van der Waals surface area (Å²) in [7, 11) is -4.13. The van der Waals surface area contributed by atoms with Crippen LogP contribution >= 0.6 is 0 Å². The summed E-state index contributed by atoms with van der Waals surface area (Å²) in [6.45, 7) is 4.57. The molecule has 31 heavy (non-hydrogen) atoms. The van der Waals surface area contributed by atoms with Gasteiger partial charge in [0.15, 0.2) is 5.82 Å². The summed E-state index contributed by atoms with van der Waals surface area (Å²) in [6.07, 6.45) is 1.33. The largest absolute Gasteiger partial charge is 0.478 e. The maximum Gasteiger partial charge on any atom is 0.335 e. The molecule has 0 saturated carbocycles. The molecule has 1 heterocycles. The van der Waals surface area contributed by atoms with Crippen LogP contribution < -0.4 is 4.72 Å². The Morgan fingerprint density at radius 2 is 1.65 bits per heavy atom. The second-order valence-corrected chi connectivity index (χ2v) is 8.25. The average Bonchev–Trinajstić information content (AvgIpc) is 3.18. The summed E-state index contributed by atoms with van der Waals surface area (Å²) in [6, 6.07) is 13.6. The Morgan fingerprint density at radius 1 is 1.03 bits per heavy atom. The maximum absolute atomic E-state index is 13.0. The predicted molar refractivity (Wildman–Crippen MR) is 115 cm³/mol. The number of carboxylic acids is 1. The first kappa shape index (κ1) is 22.0. The topological polar surface area (TPSA) is 122 Å². The van der Waals surface area contributed by atoms with Crippen molar-refractivity contribution in [2.24, 2.45) is 0 Å². The number of hydrogen-bond acceptors (Lipinski definition) is 5. The van der Waals surface area contributed by atoms with Crippen molar-refractivity contribution in [3.63, 3.8) is 0 Å². The second-order valence-electron chi connectivity index (χ2n) is 6.57. The van der Waals surface area contributed by atoms with Crippen LogP contribution in [0, 0.1) is 0 Å². The number of nitrogens with zero attached hydrogens (tertiary/aromatic N) is 3. The maximum atomic E-state index is 13.0. The summed E-state index contributed by atoms with van der Waals surface area (Å²) in [5, 5.41) is 13.3. The number of sulfonamides is 1. The quantitative estimate of drug-likeness (QED) is 0.553. The van der Waals surface area contributed by atoms with E-state index in [1.54, 1.807) is 29.2 Å². The van der Waals surface area contributed by atoms with Crippen molar-refractivity contribution in [1.29, 1.82) is 0 Å². The Bertz CT molecular complexity index is 1180. The van der Waals surface area contributed by atoms with Gasteiger partial charge >= 0.3 is 5.97 Å². The molecule has 9 nitrogen and oxygen atoms in total. The number of amides is 1. The zero-order chi connectivity index (χ0) is 22.6. The van der Waals surface area contributed by atoms with E-state index in [2.05, 4.69) is 9.82 Å². The third-order valence-electron chi connectivity index (χ3n) is 4.69. The molecule has 0 unspecified atom stereocenters. The van der Waals surface area contributed by atoms with E-state index < -0.39 is 16.0 Å². The molecule has 3 rings (SSSR count). The number of hydrogen-bond donors (Lipinski definition) is 2. The lowest BCUT2D eigenvalue weighted by Gasteiger charge is -2.19. The SMILES string of the molecule is CCN(CC)C(=O)c1cnn(-c2ccccc2)c1NS(=O)(=O)c1ccc(C(=O)O)cc1. The smallest absolute Gasteiger partial charge is 0.335 e. The first-order chi connectivity index (χ1) is 14.8. The highest BCUT2D eigenvalue weighted by Crippen LogP contribution is 2.25. The monoisotopic (exact) mass is 442 g/mol. The van der Waals surface area contributed by atoms with Crippen LogP contribution in [0.3, 0.4) is 0 Å². The van der Waals surface area contributed by atoms with Crippen molar-refractivity contribution in [3.05, 3.63) is 71.9 Å². The molecule has 0 atom stereocenters. The molecular weight excluding hydrogens is 420 g/mol. The molecule has 0 aliphatic carbocycles. The van der Waals surface area contributed by atoms with Crippen molar-refractivity contribution in [2.75, 3.05) is 17.8 Å². The molecule has 0 saturated heterocycles. The number of para-hydroxylation sites is 1. The van der Waals surface area contributed by atoms with Crippen molar-refractivity contribution < 1.29 is 23.1 Å². The predicted octanol–water partition coefficient (Wildman–Crippen LogP) is 2.85. The fourth-order valence-corrected chi connectivity index (χ4v) is 4.08. The molecule has 0 aliphatic heterocycles. The van der Waals surface area contributed by atoms with Crippen LogP contribution in [0.4, 0.5) is 5.82 Å². The first-order valence-electron chi connectivity index (χ1n) is 9.57. The van der Waals surface area contributed by atoms with Crippen LogP contribution in [-0.2, 0) is 10.0 Å². The number of anilines is 1. The van der Waals surface area contributed by atoms with Gasteiger partial charge < -0.3 is 10.0 Å². The van der Waals surface area contributed by atoms with Crippen LogP contribution in [0.1, 0.15) is 34.6 Å². The highest BCUT2D eigenvalue weighted by Gasteiger charge is 2.26. The number of nitrogens with one attached hydrogen (secondary N) is 1. The van der Waals surface area contributed by atoms with E-state index >= 15 is 0 Å². The zero-order valence-corrected chi connectivity index (χ0v) is 17.8. The van der Waals surface area contributed by atoms with Crippen molar-refractivity contribution >= 4 is 27.7 Å². The number of aromatic nitrogens is 2. The number of carboxylic acid groups (broad SMARTS) is 1. The van der Waals surface area contributed by atoms with Gasteiger partial charge in [0, 0.05) is 13.1 Å². The highest BCUT2D eigenvalue weighted by molar-refractivity contribution is 7.92. The number of carbonyl (C=O) groups excluding carboxylic acids is 1. The van der Waals surface area contributed by atoms with Gasteiger partial charge in [-0.05, 0) is 50.2 Å². The molecule has 0 fully saturated rings. The third-order valence-corrected chi connectivity index (χ3v) is 6.05. The van der Waals surface area contributed by atoms with Gasteiger partial charge in [0.1, 0.15) is 5.56 Å². The van der Waals surface area contributed by atoms with Crippen molar-refractivity contribution in [1.82, 2.24) is 14.7 Å². The molecule has 0 radical (unpaired) electrons. The number of benzene rings is 2. The van der Waals surface area contributed by atoms with Crippen LogP contribution in [-0.4, -0.2) is 53.2 Å². The standard InChI is InChI=1S/C21H22N4O5S/c1-3-24(4-2)20(26)18-14-22-25(16-8-6-5-7-9-16)19(18)23-31(29,30)17-12-10-15(11-13-17)21(27)28/h5-14,23H,3-4H2,1-2H3,(H,27,28). The van der Waals surface area contributed by atoms with E-state index in [1.807, 2.05) is 19.9 Å². The van der Waals surface area contributed by atoms with E-state index in [0.717, 1.165) is 0 Å². The lowest BCUT2D eigenvalue weighted by molar-refractivity contribution is 0.0695. The summed E-state index contributed by atoms with van der Waals surface area (Å²) in [4.78, 5) is 25.5. The van der Waals surface area contributed by atoms with Gasteiger partial charge in [-0.3, -0.25) is 9.52 Å². The minimum atomic E-state index is -4.13. The molecule has 0 aliphatic rings. The summed E-state index contributed by atoms with van der Waals surface area (Å²) >= 11 is 0. The lowest BCUT2D eigenvalue weighted by atomic mass is 10.2. The molecular formula is C21H22N4O5S. The summed E-state index contributed by atoms with van der Waals surface area (Å²) in [5.74, 6) is -1.51. The molecule has 0 spiro atoms. The Labute approximate surface area is 180 Å². The Morgan fingerprint density at radius 3 is 2.19 bits per heavy atom. The highest BCUT2D eigenvalue weighted by atomic mass is 32.2. The van der Waals surface area contributed by atoms with Crippen LogP contribution in [0.2, 0.25) is 0 Å². The first-order valence-corrected chi connectivity index (χ1v) is 11.1. The Balaban J connectivity index is 2.08. The van der Waals surface area contributed by atoms with Gasteiger partial charge in [0.2, 0.25) is 0 Å². The third kappa shape index (κ3) is 4.58. The van der Waals surface area contributed by atoms with E-state index in [4.69, 9.17) is 5.11 Å². The average molecular weight is 442 g/mol. The van der Waals surface area contributed by atoms with Crippen LogP contribution in [0.5, 0.6) is 0 Å². The van der Waals surface area contributed by atoms with E-state index in [1.165, 1.54) is 35.1 Å². The van der Waals surface area contributed by atoms with E-state index in [9.17, 15) is 18.0 Å². The second kappa shape index (κ2) is 9.00. The normalized spacial score (nSPS) is 11.2.